The fourth-order valence-electron chi connectivity index (χ4n) is 6.60. The van der Waals surface area contributed by atoms with Crippen molar-refractivity contribution < 1.29 is 19.8 Å². The number of piperidine rings is 2. The van der Waals surface area contributed by atoms with Crippen molar-refractivity contribution in [2.75, 3.05) is 26.2 Å². The molecule has 10 heteroatoms. The third kappa shape index (κ3) is 5.72. The van der Waals surface area contributed by atoms with Crippen molar-refractivity contribution in [2.45, 2.75) is 43.9 Å². The van der Waals surface area contributed by atoms with Crippen LogP contribution in [0.25, 0.3) is 11.0 Å². The van der Waals surface area contributed by atoms with Gasteiger partial charge < -0.3 is 24.6 Å². The Balaban J connectivity index is 1.15. The summed E-state index contributed by atoms with van der Waals surface area (Å²) in [6.07, 6.45) is 4.52. The van der Waals surface area contributed by atoms with Gasteiger partial charge in [-0.3, -0.25) is 19.0 Å². The third-order valence-electron chi connectivity index (χ3n) is 9.12. The number of aliphatic hydroxyl groups excluding tert-OH is 1. The van der Waals surface area contributed by atoms with E-state index in [2.05, 4.69) is 4.98 Å². The van der Waals surface area contributed by atoms with Crippen molar-refractivity contribution in [3.63, 3.8) is 0 Å². The Kier molecular flexibility index (Phi) is 7.89. The van der Waals surface area contributed by atoms with E-state index in [9.17, 15) is 24.6 Å². The predicted molar refractivity (Wildman–Crippen MR) is 161 cm³/mol. The van der Waals surface area contributed by atoms with E-state index in [0.717, 1.165) is 5.56 Å². The number of hydrogen-bond donors (Lipinski definition) is 2. The quantitative estimate of drug-likeness (QED) is 0.360. The van der Waals surface area contributed by atoms with E-state index in [1.807, 2.05) is 47.2 Å². The molecule has 0 bridgehead atoms. The molecule has 2 fully saturated rings. The summed E-state index contributed by atoms with van der Waals surface area (Å²) in [5.41, 5.74) is 1.52. The van der Waals surface area contributed by atoms with Crippen LogP contribution in [0.15, 0.2) is 78.0 Å². The predicted octanol–water partition coefficient (Wildman–Crippen LogP) is 2.53. The van der Waals surface area contributed by atoms with Gasteiger partial charge in [0.1, 0.15) is 12.0 Å². The number of likely N-dealkylation sites (tertiary alicyclic amines) is 2. The molecular formula is C33H37N5O5. The summed E-state index contributed by atoms with van der Waals surface area (Å²) in [4.78, 5) is 48.5. The molecule has 2 atom stereocenters. The summed E-state index contributed by atoms with van der Waals surface area (Å²) < 4.78 is 3.26. The Hall–Kier alpha value is -4.28. The summed E-state index contributed by atoms with van der Waals surface area (Å²) in [5.74, 6) is -0.539. The topological polar surface area (TPSA) is 121 Å². The van der Waals surface area contributed by atoms with Crippen LogP contribution in [0.4, 0.5) is 0 Å². The van der Waals surface area contributed by atoms with Gasteiger partial charge in [0.05, 0.1) is 24.1 Å². The first kappa shape index (κ1) is 28.8. The maximum absolute atomic E-state index is 14.0. The Morgan fingerprint density at radius 3 is 2.51 bits per heavy atom. The van der Waals surface area contributed by atoms with Gasteiger partial charge in [-0.1, -0.05) is 42.5 Å². The lowest BCUT2D eigenvalue weighted by Crippen LogP contribution is -2.53. The summed E-state index contributed by atoms with van der Waals surface area (Å²) in [6, 6.07) is 18.6. The van der Waals surface area contributed by atoms with Crippen LogP contribution in [0.1, 0.15) is 46.7 Å². The summed E-state index contributed by atoms with van der Waals surface area (Å²) in [5, 5.41) is 21.5. The van der Waals surface area contributed by atoms with Crippen molar-refractivity contribution in [3.8, 4) is 0 Å². The molecule has 2 saturated heterocycles. The lowest BCUT2D eigenvalue weighted by molar-refractivity contribution is -0.142. The van der Waals surface area contributed by atoms with Crippen LogP contribution in [-0.4, -0.2) is 77.7 Å². The minimum absolute atomic E-state index is 0.0369. The zero-order chi connectivity index (χ0) is 30.1. The third-order valence-corrected chi connectivity index (χ3v) is 9.12. The van der Waals surface area contributed by atoms with E-state index in [4.69, 9.17) is 0 Å². The number of nitrogens with zero attached hydrogens (tertiary/aromatic N) is 5. The average molecular weight is 584 g/mol. The van der Waals surface area contributed by atoms with Crippen LogP contribution in [0.2, 0.25) is 0 Å². The second-order valence-corrected chi connectivity index (χ2v) is 11.9. The molecule has 0 spiro atoms. The van der Waals surface area contributed by atoms with Crippen LogP contribution in [0.3, 0.4) is 0 Å². The van der Waals surface area contributed by atoms with Crippen molar-refractivity contribution in [1.29, 1.82) is 0 Å². The number of amides is 2. The monoisotopic (exact) mass is 583 g/mol. The molecule has 4 heterocycles. The van der Waals surface area contributed by atoms with Gasteiger partial charge in [-0.05, 0) is 48.6 Å². The molecule has 2 aliphatic heterocycles. The Labute approximate surface area is 249 Å². The number of benzene rings is 2. The van der Waals surface area contributed by atoms with Crippen molar-refractivity contribution in [1.82, 2.24) is 23.9 Å². The van der Waals surface area contributed by atoms with Crippen LogP contribution in [0, 0.1) is 5.92 Å². The van der Waals surface area contributed by atoms with E-state index in [0.29, 0.717) is 67.6 Å². The van der Waals surface area contributed by atoms with E-state index in [1.165, 1.54) is 10.9 Å². The molecule has 2 aliphatic rings. The number of aryl methyl sites for hydroxylation is 1. The molecule has 4 aromatic rings. The smallest absolute Gasteiger partial charge is 0.262 e. The Bertz CT molecular complexity index is 1690. The van der Waals surface area contributed by atoms with Gasteiger partial charge in [-0.15, -0.1) is 0 Å². The first-order chi connectivity index (χ1) is 20.8. The minimum Gasteiger partial charge on any atom is -0.392 e. The molecule has 224 valence electrons. The molecule has 0 radical (unpaired) electrons. The number of carbonyl (C=O) groups is 2. The van der Waals surface area contributed by atoms with Gasteiger partial charge in [0.25, 0.3) is 11.5 Å². The standard InChI is InChI=1S/C33H37N5O5/c1-35-14-10-27-29(35)34-22-38(32(27)42)21-33(43)12-16-36(17-13-33)31(41)26-11-15-37(19-28(26)24-7-3-2-4-8-24)30(40)25-9-5-6-23(18-25)20-39/h2-10,14,18,22,26,28,39,43H,11-13,15-17,19-21H2,1H3/t26-,28+/m1/s1. The second-order valence-electron chi connectivity index (χ2n) is 11.9. The highest BCUT2D eigenvalue weighted by atomic mass is 16.3. The molecule has 2 amide bonds. The molecule has 0 unspecified atom stereocenters. The summed E-state index contributed by atoms with van der Waals surface area (Å²) in [7, 11) is 1.83. The van der Waals surface area contributed by atoms with Gasteiger partial charge in [0.2, 0.25) is 5.91 Å². The van der Waals surface area contributed by atoms with Gasteiger partial charge in [0.15, 0.2) is 0 Å². The maximum atomic E-state index is 14.0. The minimum atomic E-state index is -1.12. The molecule has 2 aromatic heterocycles. The number of fused-ring (bicyclic) bond motifs is 1. The van der Waals surface area contributed by atoms with Gasteiger partial charge in [0, 0.05) is 56.8 Å². The molecule has 2 aromatic carbocycles. The first-order valence-corrected chi connectivity index (χ1v) is 14.8. The van der Waals surface area contributed by atoms with E-state index < -0.39 is 5.60 Å². The van der Waals surface area contributed by atoms with Gasteiger partial charge in [-0.2, -0.15) is 0 Å². The molecule has 10 nitrogen and oxygen atoms in total. The van der Waals surface area contributed by atoms with Crippen LogP contribution in [-0.2, 0) is 25.0 Å². The average Bonchev–Trinajstić information content (AvgIpc) is 3.43. The van der Waals surface area contributed by atoms with Crippen LogP contribution < -0.4 is 5.56 Å². The summed E-state index contributed by atoms with van der Waals surface area (Å²) in [6.45, 7) is 1.64. The number of rotatable bonds is 6. The fourth-order valence-corrected chi connectivity index (χ4v) is 6.60. The molecule has 2 N–H and O–H groups in total. The van der Waals surface area contributed by atoms with Gasteiger partial charge in [-0.25, -0.2) is 4.98 Å². The Morgan fingerprint density at radius 2 is 1.77 bits per heavy atom. The second kappa shape index (κ2) is 11.8. The maximum Gasteiger partial charge on any atom is 0.262 e. The zero-order valence-electron chi connectivity index (χ0n) is 24.3. The molecule has 0 saturated carbocycles. The zero-order valence-corrected chi connectivity index (χ0v) is 24.3. The highest BCUT2D eigenvalue weighted by molar-refractivity contribution is 5.94. The van der Waals surface area contributed by atoms with Gasteiger partial charge >= 0.3 is 0 Å². The number of carbonyl (C=O) groups excluding carboxylic acids is 2. The first-order valence-electron chi connectivity index (χ1n) is 14.8. The SMILES string of the molecule is Cn1ccc2c(=O)n(CC3(O)CCN(C(=O)[C@@H]4CCN(C(=O)c5cccc(CO)c5)C[C@H]4c4ccccc4)CC3)cnc21. The Morgan fingerprint density at radius 1 is 1.00 bits per heavy atom. The highest BCUT2D eigenvalue weighted by Crippen LogP contribution is 2.36. The normalized spacial score (nSPS) is 20.3. The van der Waals surface area contributed by atoms with Crippen LogP contribution >= 0.6 is 0 Å². The van der Waals surface area contributed by atoms with Crippen molar-refractivity contribution >= 4 is 22.8 Å². The van der Waals surface area contributed by atoms with E-state index in [1.54, 1.807) is 41.1 Å². The van der Waals surface area contributed by atoms with E-state index in [-0.39, 0.29) is 42.4 Å². The van der Waals surface area contributed by atoms with Crippen LogP contribution in [0.5, 0.6) is 0 Å². The summed E-state index contributed by atoms with van der Waals surface area (Å²) >= 11 is 0. The lowest BCUT2D eigenvalue weighted by atomic mass is 9.79. The van der Waals surface area contributed by atoms with Crippen molar-refractivity contribution in [3.05, 3.63) is 100 Å². The largest absolute Gasteiger partial charge is 0.392 e. The fraction of sp³-hybridized carbons (Fsp3) is 0.394. The molecule has 0 aliphatic carbocycles. The highest BCUT2D eigenvalue weighted by Gasteiger charge is 2.41. The number of hydrogen-bond acceptors (Lipinski definition) is 6. The number of aromatic nitrogens is 3. The molecular weight excluding hydrogens is 546 g/mol. The lowest BCUT2D eigenvalue weighted by Gasteiger charge is -2.43. The molecule has 6 rings (SSSR count). The van der Waals surface area contributed by atoms with E-state index >= 15 is 0 Å². The number of aliphatic hydroxyl groups is 2. The van der Waals surface area contributed by atoms with Crippen molar-refractivity contribution in [2.24, 2.45) is 13.0 Å². The molecule has 43 heavy (non-hydrogen) atoms.